The van der Waals surface area contributed by atoms with Crippen LogP contribution in [0.5, 0.6) is 0 Å². The summed E-state index contributed by atoms with van der Waals surface area (Å²) >= 11 is 0. The number of pyridine rings is 2. The molecule has 7 heterocycles. The van der Waals surface area contributed by atoms with Crippen LogP contribution < -0.4 is 11.5 Å². The number of anilines is 2. The van der Waals surface area contributed by atoms with Gasteiger partial charge in [-0.2, -0.15) is 0 Å². The summed E-state index contributed by atoms with van der Waals surface area (Å²) in [5.41, 5.74) is 17.6. The summed E-state index contributed by atoms with van der Waals surface area (Å²) in [5, 5.41) is 9.07. The zero-order chi connectivity index (χ0) is 43.7. The first-order chi connectivity index (χ1) is 29.8. The van der Waals surface area contributed by atoms with Crippen molar-refractivity contribution in [2.24, 2.45) is 0 Å². The van der Waals surface area contributed by atoms with Crippen molar-refractivity contribution in [3.63, 3.8) is 0 Å². The molecule has 5 N–H and O–H groups in total. The van der Waals surface area contributed by atoms with E-state index < -0.39 is 17.6 Å². The van der Waals surface area contributed by atoms with Crippen molar-refractivity contribution in [3.8, 4) is 22.8 Å². The molecule has 0 radical (unpaired) electrons. The first kappa shape index (κ1) is 41.0. The molecule has 1 saturated heterocycles. The molecule has 0 spiro atoms. The molecule has 1 amide bonds. The van der Waals surface area contributed by atoms with Crippen molar-refractivity contribution in [1.29, 1.82) is 0 Å². The van der Waals surface area contributed by atoms with E-state index in [1.165, 1.54) is 30.5 Å². The summed E-state index contributed by atoms with van der Waals surface area (Å²) in [5.74, 6) is 0.516. The number of carbonyl (C=O) groups is 2. The van der Waals surface area contributed by atoms with E-state index in [9.17, 15) is 18.4 Å². The second-order valence-corrected chi connectivity index (χ2v) is 14.8. The van der Waals surface area contributed by atoms with Gasteiger partial charge in [-0.1, -0.05) is 24.3 Å². The van der Waals surface area contributed by atoms with Gasteiger partial charge in [0, 0.05) is 55.3 Å². The molecule has 2 aromatic carbocycles. The normalized spacial score (nSPS) is 13.0. The summed E-state index contributed by atoms with van der Waals surface area (Å²) in [7, 11) is 2.06. The lowest BCUT2D eigenvalue weighted by Crippen LogP contribution is -2.47. The Kier molecular flexibility index (Phi) is 11.3. The summed E-state index contributed by atoms with van der Waals surface area (Å²) in [6, 6.07) is 16.7. The molecule has 8 aromatic rings. The van der Waals surface area contributed by atoms with E-state index in [0.29, 0.717) is 75.4 Å². The molecule has 0 unspecified atom stereocenters. The van der Waals surface area contributed by atoms with Gasteiger partial charge in [-0.05, 0) is 68.4 Å². The molecule has 1 fully saturated rings. The third-order valence-corrected chi connectivity index (χ3v) is 10.3. The molecule has 0 bridgehead atoms. The highest BCUT2D eigenvalue weighted by atomic mass is 19.1. The van der Waals surface area contributed by atoms with Crippen LogP contribution >= 0.6 is 0 Å². The molecule has 62 heavy (non-hydrogen) atoms. The van der Waals surface area contributed by atoms with Crippen molar-refractivity contribution < 1.29 is 23.5 Å². The molecule has 9 rings (SSSR count). The molecule has 314 valence electrons. The van der Waals surface area contributed by atoms with E-state index in [2.05, 4.69) is 51.8 Å². The maximum atomic E-state index is 13.9. The van der Waals surface area contributed by atoms with E-state index in [4.69, 9.17) is 16.6 Å². The summed E-state index contributed by atoms with van der Waals surface area (Å²) in [6.45, 7) is 7.42. The number of carboxylic acids is 1. The largest absolute Gasteiger partial charge is 0.478 e. The van der Waals surface area contributed by atoms with E-state index in [0.717, 1.165) is 49.7 Å². The Bertz CT molecular complexity index is 2960. The molecule has 1 aliphatic rings. The molecule has 0 aliphatic carbocycles. The fourth-order valence-corrected chi connectivity index (χ4v) is 7.14. The molecule has 19 heteroatoms. The van der Waals surface area contributed by atoms with Crippen LogP contribution in [0.3, 0.4) is 0 Å². The Morgan fingerprint density at radius 1 is 0.629 bits per heavy atom. The van der Waals surface area contributed by atoms with Crippen molar-refractivity contribution in [2.75, 3.05) is 44.7 Å². The number of rotatable bonds is 8. The van der Waals surface area contributed by atoms with Crippen molar-refractivity contribution in [1.82, 2.24) is 58.8 Å². The third-order valence-electron chi connectivity index (χ3n) is 10.3. The maximum absolute atomic E-state index is 13.9. The number of imidazole rings is 2. The number of aryl methyl sites for hydroxylation is 2. The number of hydrogen-bond donors (Lipinski definition) is 3. The van der Waals surface area contributed by atoms with Gasteiger partial charge in [-0.3, -0.25) is 14.8 Å². The topological polar surface area (TPSA) is 226 Å². The Balaban J connectivity index is 0.000000174. The van der Waals surface area contributed by atoms with Crippen LogP contribution in [0.2, 0.25) is 0 Å². The van der Waals surface area contributed by atoms with Crippen LogP contribution in [0.15, 0.2) is 85.5 Å². The van der Waals surface area contributed by atoms with Gasteiger partial charge >= 0.3 is 5.97 Å². The number of likely N-dealkylation sites (N-methyl/N-ethyl adjacent to an activating group) is 1. The Labute approximate surface area is 352 Å². The van der Waals surface area contributed by atoms with Crippen molar-refractivity contribution in [2.45, 2.75) is 26.9 Å². The average molecular weight is 839 g/mol. The number of hydrogen-bond acceptors (Lipinski definition) is 13. The average Bonchev–Trinajstić information content (AvgIpc) is 3.80. The fraction of sp³-hybridized carbons (Fsp3) is 0.209. The molecule has 6 aromatic heterocycles. The predicted molar refractivity (Wildman–Crippen MR) is 227 cm³/mol. The van der Waals surface area contributed by atoms with E-state index in [1.807, 2.05) is 33.7 Å². The quantitative estimate of drug-likeness (QED) is 0.183. The minimum Gasteiger partial charge on any atom is -0.478 e. The zero-order valence-corrected chi connectivity index (χ0v) is 33.9. The van der Waals surface area contributed by atoms with Crippen LogP contribution in [0.1, 0.15) is 43.5 Å². The smallest absolute Gasteiger partial charge is 0.335 e. The van der Waals surface area contributed by atoms with Crippen molar-refractivity contribution >= 4 is 45.8 Å². The lowest BCUT2D eigenvalue weighted by Gasteiger charge is -2.32. The monoisotopic (exact) mass is 838 g/mol. The SMILES string of the molecule is Cc1nc(N)c2nc(-c3cncc(F)c3)n(Cc3ccc(C(=O)N4CCN(C)CC4)cc3)c2n1.Cc1nc(N)c2nc(-c3cncc(F)c3)n(Cc3ccc(C(=O)O)cc3)c2n1. The van der Waals surface area contributed by atoms with Crippen LogP contribution in [0.4, 0.5) is 20.4 Å². The number of nitrogens with two attached hydrogens (primary N) is 2. The van der Waals surface area contributed by atoms with Gasteiger partial charge in [0.2, 0.25) is 0 Å². The minimum absolute atomic E-state index is 0.0374. The molecule has 1 aliphatic heterocycles. The summed E-state index contributed by atoms with van der Waals surface area (Å²) in [6.07, 6.45) is 5.31. The minimum atomic E-state index is -0.998. The number of aromatic nitrogens is 10. The van der Waals surface area contributed by atoms with Gasteiger partial charge in [-0.15, -0.1) is 0 Å². The molecular formula is C43H40F2N14O3. The van der Waals surface area contributed by atoms with Gasteiger partial charge < -0.3 is 35.5 Å². The second kappa shape index (κ2) is 17.1. The van der Waals surface area contributed by atoms with Gasteiger partial charge in [0.15, 0.2) is 34.0 Å². The maximum Gasteiger partial charge on any atom is 0.335 e. The highest BCUT2D eigenvalue weighted by Gasteiger charge is 2.22. The van der Waals surface area contributed by atoms with Crippen LogP contribution in [0.25, 0.3) is 45.1 Å². The Morgan fingerprint density at radius 3 is 1.48 bits per heavy atom. The number of halogens is 2. The van der Waals surface area contributed by atoms with Crippen LogP contribution in [-0.2, 0) is 13.1 Å². The lowest BCUT2D eigenvalue weighted by molar-refractivity contribution is 0.0662. The van der Waals surface area contributed by atoms with Gasteiger partial charge in [0.05, 0.1) is 31.0 Å². The van der Waals surface area contributed by atoms with E-state index in [-0.39, 0.29) is 23.1 Å². The fourth-order valence-electron chi connectivity index (χ4n) is 7.14. The second-order valence-electron chi connectivity index (χ2n) is 14.8. The van der Waals surface area contributed by atoms with E-state index in [1.54, 1.807) is 36.7 Å². The number of aromatic carboxylic acids is 1. The Morgan fingerprint density at radius 2 is 1.06 bits per heavy atom. The van der Waals surface area contributed by atoms with E-state index >= 15 is 0 Å². The van der Waals surface area contributed by atoms with Crippen molar-refractivity contribution in [3.05, 3.63) is 131 Å². The summed E-state index contributed by atoms with van der Waals surface area (Å²) in [4.78, 5) is 62.4. The number of amides is 1. The molecule has 0 atom stereocenters. The number of nitrogen functional groups attached to an aromatic ring is 2. The van der Waals surface area contributed by atoms with Gasteiger partial charge in [0.25, 0.3) is 5.91 Å². The van der Waals surface area contributed by atoms with Gasteiger partial charge in [-0.25, -0.2) is 43.5 Å². The number of fused-ring (bicyclic) bond motifs is 2. The number of carboxylic acid groups (broad SMARTS) is 1. The number of carbonyl (C=O) groups excluding carboxylic acids is 1. The first-order valence-corrected chi connectivity index (χ1v) is 19.4. The number of piperazine rings is 1. The van der Waals surface area contributed by atoms with Gasteiger partial charge in [0.1, 0.15) is 34.9 Å². The highest BCUT2D eigenvalue weighted by molar-refractivity contribution is 5.94. The zero-order valence-electron chi connectivity index (χ0n) is 33.9. The Hall–Kier alpha value is -7.80. The highest BCUT2D eigenvalue weighted by Crippen LogP contribution is 2.29. The standard InChI is InChI=1S/C24H25FN8O.C19H15FN6O2/c1-15-28-21(26)20-23(29-15)33(22(30-20)18-11-19(25)13-27-12-18)14-16-3-5-17(6-4-16)24(34)32-9-7-31(2)8-10-32;1-10-23-16(21)15-18(24-10)26(9-11-2-4-12(5-3-11)19(27)28)17(25-15)13-6-14(20)8-22-7-13/h3-6,11-13H,7-10,14H2,1-2H3,(H2,26,28,29);2-8H,9H2,1H3,(H,27,28)(H2,21,23,24). The lowest BCUT2D eigenvalue weighted by atomic mass is 10.1. The molecule has 0 saturated carbocycles. The molecular weight excluding hydrogens is 799 g/mol. The van der Waals surface area contributed by atoms with Crippen LogP contribution in [0, 0.1) is 25.5 Å². The van der Waals surface area contributed by atoms with Crippen LogP contribution in [-0.4, -0.2) is 109 Å². The predicted octanol–water partition coefficient (Wildman–Crippen LogP) is 5.02. The number of benzene rings is 2. The molecule has 17 nitrogen and oxygen atoms in total. The first-order valence-electron chi connectivity index (χ1n) is 19.4. The third kappa shape index (κ3) is 8.59. The number of nitrogens with zero attached hydrogens (tertiary/aromatic N) is 12. The summed E-state index contributed by atoms with van der Waals surface area (Å²) < 4.78 is 31.3.